The normalized spacial score (nSPS) is 26.1. The molecule has 1 aromatic heterocycles. The van der Waals surface area contributed by atoms with E-state index >= 15 is 0 Å². The van der Waals surface area contributed by atoms with Crippen molar-refractivity contribution in [1.82, 2.24) is 9.47 Å². The first-order valence-electron chi connectivity index (χ1n) is 12.5. The van der Waals surface area contributed by atoms with Gasteiger partial charge in [0.05, 0.1) is 17.6 Å². The lowest BCUT2D eigenvalue weighted by atomic mass is 9.91. The summed E-state index contributed by atoms with van der Waals surface area (Å²) in [6.45, 7) is 11.7. The monoisotopic (exact) mass is 514 g/mol. The highest BCUT2D eigenvalue weighted by atomic mass is 32.2. The highest BCUT2D eigenvalue weighted by Crippen LogP contribution is 2.37. The van der Waals surface area contributed by atoms with E-state index in [1.165, 1.54) is 11.8 Å². The largest absolute Gasteiger partial charge is 0.376 e. The summed E-state index contributed by atoms with van der Waals surface area (Å²) < 4.78 is 8.00. The number of rotatable bonds is 6. The molecule has 0 N–H and O–H groups in total. The number of thiocarbonyl (C=S) groups is 1. The average molecular weight is 515 g/mol. The predicted molar refractivity (Wildman–Crippen MR) is 144 cm³/mol. The Labute approximate surface area is 217 Å². The lowest BCUT2D eigenvalue weighted by molar-refractivity contribution is -0.123. The molecule has 1 amide bonds. The van der Waals surface area contributed by atoms with E-state index in [0.29, 0.717) is 39.7 Å². The van der Waals surface area contributed by atoms with Gasteiger partial charge in [-0.15, -0.1) is 0 Å². The van der Waals surface area contributed by atoms with Gasteiger partial charge in [0.2, 0.25) is 0 Å². The molecule has 3 fully saturated rings. The van der Waals surface area contributed by atoms with Gasteiger partial charge < -0.3 is 9.64 Å². The van der Waals surface area contributed by atoms with E-state index in [0.717, 1.165) is 56.8 Å². The second-order valence-corrected chi connectivity index (χ2v) is 11.8. The average Bonchev–Trinajstić information content (AvgIpc) is 3.41. The Morgan fingerprint density at radius 1 is 1.26 bits per heavy atom. The summed E-state index contributed by atoms with van der Waals surface area (Å²) in [5, 5.41) is 9.85. The van der Waals surface area contributed by atoms with Gasteiger partial charge in [0, 0.05) is 31.8 Å². The van der Waals surface area contributed by atoms with Crippen LogP contribution in [-0.4, -0.2) is 52.0 Å². The van der Waals surface area contributed by atoms with Crippen molar-refractivity contribution in [1.29, 1.82) is 5.26 Å². The van der Waals surface area contributed by atoms with Gasteiger partial charge in [0.15, 0.2) is 0 Å². The number of pyridine rings is 1. The first-order chi connectivity index (χ1) is 16.7. The Morgan fingerprint density at radius 3 is 2.57 bits per heavy atom. The number of nitrogens with zero attached hydrogens (tertiary/aromatic N) is 4. The van der Waals surface area contributed by atoms with Crippen LogP contribution in [0.5, 0.6) is 0 Å². The molecule has 3 unspecified atom stereocenters. The number of hydrogen-bond acceptors (Lipinski definition) is 7. The molecule has 3 atom stereocenters. The molecular weight excluding hydrogens is 480 g/mol. The van der Waals surface area contributed by atoms with Crippen LogP contribution < -0.4 is 10.5 Å². The van der Waals surface area contributed by atoms with Gasteiger partial charge in [-0.3, -0.25) is 19.1 Å². The number of carbonyl (C=O) groups is 1. The molecular formula is C26H34N4O3S2. The molecule has 0 bridgehead atoms. The minimum atomic E-state index is -0.254. The van der Waals surface area contributed by atoms with Crippen molar-refractivity contribution >= 4 is 46.1 Å². The van der Waals surface area contributed by atoms with Crippen molar-refractivity contribution in [2.24, 2.45) is 11.8 Å². The van der Waals surface area contributed by atoms with Crippen molar-refractivity contribution in [3.63, 3.8) is 0 Å². The molecule has 35 heavy (non-hydrogen) atoms. The second kappa shape index (κ2) is 10.9. The number of amides is 1. The van der Waals surface area contributed by atoms with E-state index in [1.807, 2.05) is 19.9 Å². The summed E-state index contributed by atoms with van der Waals surface area (Å²) in [5.74, 6) is 1.65. The molecule has 1 aromatic rings. The van der Waals surface area contributed by atoms with Gasteiger partial charge >= 0.3 is 0 Å². The molecule has 0 aliphatic carbocycles. The summed E-state index contributed by atoms with van der Waals surface area (Å²) in [6.07, 6.45) is 5.71. The molecule has 7 nitrogen and oxygen atoms in total. The fourth-order valence-electron chi connectivity index (χ4n) is 5.53. The molecule has 4 heterocycles. The zero-order chi connectivity index (χ0) is 25.3. The highest BCUT2D eigenvalue weighted by molar-refractivity contribution is 8.26. The summed E-state index contributed by atoms with van der Waals surface area (Å²) in [6, 6.07) is 2.13. The topological polar surface area (TPSA) is 78.6 Å². The van der Waals surface area contributed by atoms with Gasteiger partial charge in [-0.1, -0.05) is 44.8 Å². The van der Waals surface area contributed by atoms with Crippen LogP contribution in [0.4, 0.5) is 5.82 Å². The maximum Gasteiger partial charge on any atom is 0.270 e. The van der Waals surface area contributed by atoms with Gasteiger partial charge in [-0.05, 0) is 56.1 Å². The number of thioether (sulfide) groups is 1. The van der Waals surface area contributed by atoms with Gasteiger partial charge in [-0.25, -0.2) is 0 Å². The number of hydrogen-bond donors (Lipinski definition) is 0. The van der Waals surface area contributed by atoms with E-state index < -0.39 is 0 Å². The van der Waals surface area contributed by atoms with Crippen LogP contribution in [0, 0.1) is 30.1 Å². The Kier molecular flexibility index (Phi) is 8.04. The van der Waals surface area contributed by atoms with Crippen LogP contribution in [0.3, 0.4) is 0 Å². The lowest BCUT2D eigenvalue weighted by Crippen LogP contribution is -2.43. The molecule has 188 valence electrons. The van der Waals surface area contributed by atoms with Crippen LogP contribution in [0.25, 0.3) is 6.08 Å². The molecule has 9 heteroatoms. The van der Waals surface area contributed by atoms with Crippen LogP contribution in [-0.2, 0) is 16.1 Å². The van der Waals surface area contributed by atoms with E-state index in [1.54, 1.807) is 9.47 Å². The minimum Gasteiger partial charge on any atom is -0.376 e. The lowest BCUT2D eigenvalue weighted by Gasteiger charge is -2.39. The number of ether oxygens (including phenoxy) is 1. The molecule has 3 aliphatic heterocycles. The molecule has 0 aromatic carbocycles. The van der Waals surface area contributed by atoms with Crippen molar-refractivity contribution in [3.8, 4) is 6.07 Å². The van der Waals surface area contributed by atoms with E-state index in [-0.39, 0.29) is 23.1 Å². The second-order valence-electron chi connectivity index (χ2n) is 10.1. The maximum atomic E-state index is 13.4. The molecule has 0 spiro atoms. The Hall–Kier alpha value is -2.15. The van der Waals surface area contributed by atoms with Crippen molar-refractivity contribution in [3.05, 3.63) is 31.9 Å². The third-order valence-corrected chi connectivity index (χ3v) is 8.40. The number of carbonyl (C=O) groups excluding carboxylic acids is 1. The number of aromatic nitrogens is 1. The zero-order valence-electron chi connectivity index (χ0n) is 21.0. The van der Waals surface area contributed by atoms with E-state index in [2.05, 4.69) is 24.8 Å². The van der Waals surface area contributed by atoms with Gasteiger partial charge in [0.1, 0.15) is 21.8 Å². The fourth-order valence-corrected chi connectivity index (χ4v) is 6.79. The Morgan fingerprint density at radius 2 is 1.97 bits per heavy atom. The first kappa shape index (κ1) is 25.9. The summed E-state index contributed by atoms with van der Waals surface area (Å²) in [5.41, 5.74) is 1.28. The van der Waals surface area contributed by atoms with Crippen LogP contribution in [0.1, 0.15) is 63.1 Å². The van der Waals surface area contributed by atoms with E-state index in [4.69, 9.17) is 17.0 Å². The quantitative estimate of drug-likeness (QED) is 0.414. The van der Waals surface area contributed by atoms with Crippen molar-refractivity contribution in [2.75, 3.05) is 31.1 Å². The molecule has 0 saturated carbocycles. The predicted octanol–water partition coefficient (Wildman–Crippen LogP) is 4.30. The highest BCUT2D eigenvalue weighted by Gasteiger charge is 2.36. The summed E-state index contributed by atoms with van der Waals surface area (Å²) in [4.78, 5) is 31.2. The van der Waals surface area contributed by atoms with E-state index in [9.17, 15) is 14.9 Å². The summed E-state index contributed by atoms with van der Waals surface area (Å²) in [7, 11) is 0. The van der Waals surface area contributed by atoms with Crippen LogP contribution in [0.15, 0.2) is 9.70 Å². The van der Waals surface area contributed by atoms with Crippen molar-refractivity contribution in [2.45, 2.75) is 66.0 Å². The van der Waals surface area contributed by atoms with Gasteiger partial charge in [-0.2, -0.15) is 5.26 Å². The Bertz CT molecular complexity index is 1140. The third-order valence-electron chi connectivity index (χ3n) is 7.02. The SMILES string of the molecule is CCCn1c(N2CC(C)CC(C)C2)c(/C=C2/SC(=S)N(CC3CCCO3)C2=O)c(C)c(C#N)c1=O. The molecule has 4 rings (SSSR count). The first-order valence-corrected chi connectivity index (χ1v) is 13.8. The smallest absolute Gasteiger partial charge is 0.270 e. The van der Waals surface area contributed by atoms with Crippen LogP contribution >= 0.6 is 24.0 Å². The molecule has 3 aliphatic rings. The summed E-state index contributed by atoms with van der Waals surface area (Å²) >= 11 is 6.84. The third kappa shape index (κ3) is 5.20. The van der Waals surface area contributed by atoms with Gasteiger partial charge in [0.25, 0.3) is 11.5 Å². The standard InChI is InChI=1S/C26H34N4O3S2/c1-5-8-29-23(28-13-16(2)10-17(3)14-28)20(18(4)21(12-27)24(29)31)11-22-25(32)30(26(34)35-22)15-19-7-6-9-33-19/h11,16-17,19H,5-10,13-15H2,1-4H3/b22-11+. The molecule has 0 radical (unpaired) electrons. The molecule has 3 saturated heterocycles. The maximum absolute atomic E-state index is 13.4. The van der Waals surface area contributed by atoms with Crippen molar-refractivity contribution < 1.29 is 9.53 Å². The Balaban J connectivity index is 1.83. The number of anilines is 1. The number of nitriles is 1. The van der Waals surface area contributed by atoms with Crippen LogP contribution in [0.2, 0.25) is 0 Å². The minimum absolute atomic E-state index is 0.0159. The zero-order valence-corrected chi connectivity index (χ0v) is 22.6. The fraction of sp³-hybridized carbons (Fsp3) is 0.615. The number of piperidine rings is 1.